The van der Waals surface area contributed by atoms with Gasteiger partial charge in [0.05, 0.1) is 11.9 Å². The predicted octanol–water partition coefficient (Wildman–Crippen LogP) is 4.91. The number of rotatable bonds is 6. The first-order valence-corrected chi connectivity index (χ1v) is 13.0. The largest absolute Gasteiger partial charge is 0.336 e. The lowest BCUT2D eigenvalue weighted by molar-refractivity contribution is -0.135. The van der Waals surface area contributed by atoms with E-state index in [4.69, 9.17) is 0 Å². The van der Waals surface area contributed by atoms with Crippen molar-refractivity contribution in [1.82, 2.24) is 24.4 Å². The molecule has 3 aromatic rings. The summed E-state index contributed by atoms with van der Waals surface area (Å²) in [6.07, 6.45) is 7.07. The van der Waals surface area contributed by atoms with E-state index in [0.717, 1.165) is 23.5 Å². The maximum atomic E-state index is 13.4. The third-order valence-corrected chi connectivity index (χ3v) is 7.66. The number of carbonyl (C=O) groups is 2. The summed E-state index contributed by atoms with van der Waals surface area (Å²) in [5, 5.41) is 4.67. The minimum absolute atomic E-state index is 0.0250. The summed E-state index contributed by atoms with van der Waals surface area (Å²) in [5.41, 5.74) is 3.47. The highest BCUT2D eigenvalue weighted by atomic mass is 19.1. The molecule has 0 unspecified atom stereocenters. The van der Waals surface area contributed by atoms with Crippen molar-refractivity contribution in [3.63, 3.8) is 0 Å². The Bertz CT molecular complexity index is 1260. The van der Waals surface area contributed by atoms with Crippen LogP contribution in [-0.2, 0) is 4.79 Å². The highest BCUT2D eigenvalue weighted by Crippen LogP contribution is 2.31. The van der Waals surface area contributed by atoms with E-state index in [2.05, 4.69) is 23.9 Å². The molecule has 2 fully saturated rings. The summed E-state index contributed by atoms with van der Waals surface area (Å²) >= 11 is 0. The molecule has 190 valence electrons. The summed E-state index contributed by atoms with van der Waals surface area (Å²) in [6, 6.07) is 8.17. The number of fused-ring (bicyclic) bond motifs is 1. The first-order valence-electron chi connectivity index (χ1n) is 13.0. The van der Waals surface area contributed by atoms with Gasteiger partial charge in [-0.25, -0.2) is 13.9 Å². The Labute approximate surface area is 211 Å². The molecule has 1 aliphatic carbocycles. The van der Waals surface area contributed by atoms with Crippen LogP contribution in [0.15, 0.2) is 36.5 Å². The quantitative estimate of drug-likeness (QED) is 0.491. The molecular formula is C28H34FN5O2. The molecule has 0 bridgehead atoms. The number of piperazine rings is 1. The van der Waals surface area contributed by atoms with Gasteiger partial charge in [0.2, 0.25) is 5.91 Å². The summed E-state index contributed by atoms with van der Waals surface area (Å²) in [4.78, 5) is 34.6. The molecule has 1 saturated heterocycles. The second-order valence-corrected chi connectivity index (χ2v) is 10.6. The summed E-state index contributed by atoms with van der Waals surface area (Å²) in [6.45, 7) is 7.70. The number of carbonyl (C=O) groups excluding carboxylic acids is 2. The molecule has 2 aromatic heterocycles. The standard InChI is InChI=1S/C28H34FN5O2/c1-18(2)23-15-24(21-8-10-22(29)11-9-21)31-34-17-25(30-27(23)34)28(36)32-13-14-33(19(3)16-32)26(35)12-7-20-5-4-6-20/h8-11,15,17-20H,4-7,12-14,16H2,1-3H3/t19-/m0/s1. The molecular weight excluding hydrogens is 457 g/mol. The van der Waals surface area contributed by atoms with E-state index in [-0.39, 0.29) is 29.6 Å². The normalized spacial score (nSPS) is 18.6. The molecule has 1 atom stereocenters. The van der Waals surface area contributed by atoms with Gasteiger partial charge in [0.15, 0.2) is 5.65 Å². The highest BCUT2D eigenvalue weighted by molar-refractivity contribution is 5.93. The fraction of sp³-hybridized carbons (Fsp3) is 0.500. The number of hydrogen-bond acceptors (Lipinski definition) is 4. The van der Waals surface area contributed by atoms with E-state index in [1.54, 1.807) is 27.7 Å². The molecule has 2 amide bonds. The van der Waals surface area contributed by atoms with Crippen LogP contribution in [0.4, 0.5) is 4.39 Å². The van der Waals surface area contributed by atoms with Crippen LogP contribution in [0.3, 0.4) is 0 Å². The molecule has 1 aromatic carbocycles. The first-order chi connectivity index (χ1) is 17.3. The zero-order valence-electron chi connectivity index (χ0n) is 21.3. The Hall–Kier alpha value is -3.29. The third kappa shape index (κ3) is 4.86. The average molecular weight is 492 g/mol. The lowest BCUT2D eigenvalue weighted by atomic mass is 9.82. The van der Waals surface area contributed by atoms with Crippen LogP contribution < -0.4 is 0 Å². The minimum atomic E-state index is -0.297. The molecule has 0 spiro atoms. The van der Waals surface area contributed by atoms with E-state index in [0.29, 0.717) is 43.1 Å². The minimum Gasteiger partial charge on any atom is -0.336 e. The van der Waals surface area contributed by atoms with Crippen molar-refractivity contribution in [3.05, 3.63) is 53.6 Å². The Morgan fingerprint density at radius 3 is 2.53 bits per heavy atom. The fourth-order valence-electron chi connectivity index (χ4n) is 5.22. The van der Waals surface area contributed by atoms with Crippen molar-refractivity contribution < 1.29 is 14.0 Å². The van der Waals surface area contributed by atoms with Gasteiger partial charge in [-0.2, -0.15) is 5.10 Å². The van der Waals surface area contributed by atoms with Gasteiger partial charge in [-0.15, -0.1) is 0 Å². The van der Waals surface area contributed by atoms with Gasteiger partial charge in [0.1, 0.15) is 11.5 Å². The van der Waals surface area contributed by atoms with Crippen molar-refractivity contribution in [2.24, 2.45) is 5.92 Å². The van der Waals surface area contributed by atoms with Crippen LogP contribution in [-0.4, -0.2) is 61.9 Å². The maximum absolute atomic E-state index is 13.4. The second kappa shape index (κ2) is 9.99. The highest BCUT2D eigenvalue weighted by Gasteiger charge is 2.32. The van der Waals surface area contributed by atoms with Gasteiger partial charge >= 0.3 is 0 Å². The van der Waals surface area contributed by atoms with Crippen LogP contribution in [0.2, 0.25) is 0 Å². The number of hydrogen-bond donors (Lipinski definition) is 0. The van der Waals surface area contributed by atoms with E-state index in [1.165, 1.54) is 31.4 Å². The van der Waals surface area contributed by atoms with Gasteiger partial charge in [-0.1, -0.05) is 33.1 Å². The Morgan fingerprint density at radius 2 is 1.89 bits per heavy atom. The maximum Gasteiger partial charge on any atom is 0.274 e. The van der Waals surface area contributed by atoms with Crippen molar-refractivity contribution in [3.8, 4) is 11.3 Å². The number of nitrogens with zero attached hydrogens (tertiary/aromatic N) is 5. The van der Waals surface area contributed by atoms with Gasteiger partial charge in [0.25, 0.3) is 5.91 Å². The van der Waals surface area contributed by atoms with Gasteiger partial charge in [-0.3, -0.25) is 9.59 Å². The van der Waals surface area contributed by atoms with Crippen molar-refractivity contribution >= 4 is 17.5 Å². The average Bonchev–Trinajstić information content (AvgIpc) is 3.26. The van der Waals surface area contributed by atoms with Gasteiger partial charge in [-0.05, 0) is 55.5 Å². The van der Waals surface area contributed by atoms with Crippen LogP contribution >= 0.6 is 0 Å². The molecule has 1 saturated carbocycles. The topological polar surface area (TPSA) is 70.8 Å². The summed E-state index contributed by atoms with van der Waals surface area (Å²) < 4.78 is 15.1. The number of amides is 2. The number of benzene rings is 1. The molecule has 1 aliphatic heterocycles. The number of halogens is 1. The third-order valence-electron chi connectivity index (χ3n) is 7.66. The molecule has 0 radical (unpaired) electrons. The predicted molar refractivity (Wildman–Crippen MR) is 136 cm³/mol. The van der Waals surface area contributed by atoms with Crippen molar-refractivity contribution in [2.75, 3.05) is 19.6 Å². The van der Waals surface area contributed by atoms with E-state index in [9.17, 15) is 14.0 Å². The molecule has 2 aliphatic rings. The van der Waals surface area contributed by atoms with Crippen molar-refractivity contribution in [2.45, 2.75) is 64.8 Å². The molecule has 3 heterocycles. The first kappa shape index (κ1) is 24.4. The van der Waals surface area contributed by atoms with E-state index in [1.807, 2.05) is 17.9 Å². The number of aromatic nitrogens is 3. The van der Waals surface area contributed by atoms with Crippen LogP contribution in [0.25, 0.3) is 16.9 Å². The zero-order valence-corrected chi connectivity index (χ0v) is 21.3. The fourth-order valence-corrected chi connectivity index (χ4v) is 5.22. The van der Waals surface area contributed by atoms with Crippen LogP contribution in [0, 0.1) is 11.7 Å². The molecule has 0 N–H and O–H groups in total. The Balaban J connectivity index is 1.33. The molecule has 7 nitrogen and oxygen atoms in total. The SMILES string of the molecule is CC(C)c1cc(-c2ccc(F)cc2)nn2cc(C(=O)N3CCN(C(=O)CCC4CCC4)[C@@H](C)C3)nc12. The second-order valence-electron chi connectivity index (χ2n) is 10.6. The lowest BCUT2D eigenvalue weighted by Gasteiger charge is -2.40. The Kier molecular flexibility index (Phi) is 6.77. The summed E-state index contributed by atoms with van der Waals surface area (Å²) in [5.74, 6) is 0.638. The number of imidazole rings is 1. The summed E-state index contributed by atoms with van der Waals surface area (Å²) in [7, 11) is 0. The van der Waals surface area contributed by atoms with Crippen LogP contribution in [0.1, 0.15) is 74.8 Å². The molecule has 36 heavy (non-hydrogen) atoms. The lowest BCUT2D eigenvalue weighted by Crippen LogP contribution is -2.55. The smallest absolute Gasteiger partial charge is 0.274 e. The van der Waals surface area contributed by atoms with Gasteiger partial charge in [0, 0.05) is 43.2 Å². The van der Waals surface area contributed by atoms with E-state index < -0.39 is 0 Å². The zero-order chi connectivity index (χ0) is 25.4. The van der Waals surface area contributed by atoms with Gasteiger partial charge < -0.3 is 9.80 Å². The monoisotopic (exact) mass is 491 g/mol. The molecule has 8 heteroatoms. The van der Waals surface area contributed by atoms with Crippen LogP contribution in [0.5, 0.6) is 0 Å². The van der Waals surface area contributed by atoms with Crippen molar-refractivity contribution in [1.29, 1.82) is 0 Å². The Morgan fingerprint density at radius 1 is 1.14 bits per heavy atom. The molecule has 5 rings (SSSR count). The van der Waals surface area contributed by atoms with E-state index >= 15 is 0 Å².